The van der Waals surface area contributed by atoms with Gasteiger partial charge in [-0.2, -0.15) is 0 Å². The van der Waals surface area contributed by atoms with Gasteiger partial charge in [0.1, 0.15) is 30.8 Å². The highest BCUT2D eigenvalue weighted by Gasteiger charge is 2.65. The minimum absolute atomic E-state index is 0.0464. The van der Waals surface area contributed by atoms with E-state index in [4.69, 9.17) is 38.4 Å². The monoisotopic (exact) mass is 848 g/mol. The lowest BCUT2D eigenvalue weighted by Crippen LogP contribution is -2.70. The molecule has 12 nitrogen and oxygen atoms in total. The molecule has 3 aromatic rings. The molecule has 0 aromatic heterocycles. The van der Waals surface area contributed by atoms with E-state index < -0.39 is 23.8 Å². The number of hydrogen-bond acceptors (Lipinski definition) is 11. The number of nitrogens with zero attached hydrogens (tertiary/aromatic N) is 2. The zero-order valence-electron chi connectivity index (χ0n) is 35.5. The summed E-state index contributed by atoms with van der Waals surface area (Å²) < 4.78 is 38.0. The number of benzene rings is 3. The molecule has 1 amide bonds. The van der Waals surface area contributed by atoms with Gasteiger partial charge in [-0.25, -0.2) is 4.79 Å². The SMILES string of the molecule is C=CCCOC(=O)N(Cc1ccc2c(c1)OCO2)[C@H]1CC(=NOCc2ccccc2)C2=C[C@H](CCCCO)[C@@H](CCCCO)[C@@H]3c4cc(OCC=C)ccc4O[C@@]1(OCC=C)[C@H]23. The Bertz CT molecular complexity index is 2070. The van der Waals surface area contributed by atoms with Crippen molar-refractivity contribution >= 4 is 11.8 Å². The second-order valence-electron chi connectivity index (χ2n) is 16.1. The molecule has 0 radical (unpaired) electrons. The Balaban J connectivity index is 1.44. The predicted octanol–water partition coefficient (Wildman–Crippen LogP) is 9.03. The zero-order valence-corrected chi connectivity index (χ0v) is 35.5. The van der Waals surface area contributed by atoms with Gasteiger partial charge in [0.25, 0.3) is 0 Å². The van der Waals surface area contributed by atoms with E-state index in [1.54, 1.807) is 23.1 Å². The molecule has 1 fully saturated rings. The van der Waals surface area contributed by atoms with Crippen LogP contribution in [-0.2, 0) is 27.5 Å². The van der Waals surface area contributed by atoms with Crippen molar-refractivity contribution in [3.63, 3.8) is 0 Å². The molecule has 0 saturated heterocycles. The first-order valence-corrected chi connectivity index (χ1v) is 21.9. The number of carbonyl (C=O) groups is 1. The first-order valence-electron chi connectivity index (χ1n) is 21.9. The number of hydrogen-bond donors (Lipinski definition) is 2. The molecule has 2 aliphatic heterocycles. The molecule has 0 bridgehead atoms. The van der Waals surface area contributed by atoms with Gasteiger partial charge in [-0.1, -0.05) is 85.3 Å². The summed E-state index contributed by atoms with van der Waals surface area (Å²) in [7, 11) is 0. The van der Waals surface area contributed by atoms with Crippen LogP contribution in [0, 0.1) is 17.8 Å². The van der Waals surface area contributed by atoms with Crippen molar-refractivity contribution in [3.05, 3.63) is 133 Å². The molecule has 2 heterocycles. The van der Waals surface area contributed by atoms with Crippen molar-refractivity contribution in [1.82, 2.24) is 4.90 Å². The minimum atomic E-state index is -1.47. The van der Waals surface area contributed by atoms with Gasteiger partial charge in [-0.3, -0.25) is 4.90 Å². The molecule has 4 aliphatic rings. The fourth-order valence-electron chi connectivity index (χ4n) is 9.50. The Labute approximate surface area is 365 Å². The molecule has 2 aliphatic carbocycles. The maximum absolute atomic E-state index is 14.8. The Morgan fingerprint density at radius 2 is 1.65 bits per heavy atom. The highest BCUT2D eigenvalue weighted by atomic mass is 16.7. The van der Waals surface area contributed by atoms with Gasteiger partial charge in [0.2, 0.25) is 12.6 Å². The first kappa shape index (κ1) is 44.5. The normalized spacial score (nSPS) is 23.5. The molecular formula is C50H60N2O10. The van der Waals surface area contributed by atoms with Crippen LogP contribution in [-0.4, -0.2) is 78.6 Å². The predicted molar refractivity (Wildman–Crippen MR) is 236 cm³/mol. The summed E-state index contributed by atoms with van der Waals surface area (Å²) in [6.45, 7) is 13.0. The number of aliphatic hydroxyl groups excluding tert-OH is 2. The van der Waals surface area contributed by atoms with Crippen LogP contribution in [0.4, 0.5) is 4.79 Å². The van der Waals surface area contributed by atoms with Crippen LogP contribution in [0.2, 0.25) is 0 Å². The van der Waals surface area contributed by atoms with E-state index in [-0.39, 0.29) is 70.5 Å². The number of amides is 1. The van der Waals surface area contributed by atoms with Crippen LogP contribution < -0.4 is 18.9 Å². The first-order chi connectivity index (χ1) is 30.4. The third kappa shape index (κ3) is 9.88. The molecule has 1 saturated carbocycles. The molecule has 0 unspecified atom stereocenters. The molecular weight excluding hydrogens is 789 g/mol. The number of rotatable bonds is 23. The molecule has 12 heteroatoms. The summed E-state index contributed by atoms with van der Waals surface area (Å²) in [5.74, 6) is 0.440. The van der Waals surface area contributed by atoms with Crippen LogP contribution in [0.3, 0.4) is 0 Å². The highest BCUT2D eigenvalue weighted by molar-refractivity contribution is 6.03. The minimum Gasteiger partial charge on any atom is -0.490 e. The fraction of sp³-hybridized carbons (Fsp3) is 0.440. The Kier molecular flexibility index (Phi) is 15.4. The number of oxime groups is 1. The summed E-state index contributed by atoms with van der Waals surface area (Å²) in [5, 5.41) is 24.8. The van der Waals surface area contributed by atoms with Gasteiger partial charge in [0, 0.05) is 37.7 Å². The van der Waals surface area contributed by atoms with Crippen LogP contribution >= 0.6 is 0 Å². The average molecular weight is 849 g/mol. The number of allylic oxidation sites excluding steroid dienone is 1. The number of carbonyl (C=O) groups excluding carboxylic acids is 1. The molecule has 3 aromatic carbocycles. The van der Waals surface area contributed by atoms with Crippen LogP contribution in [0.15, 0.2) is 121 Å². The topological polar surface area (TPSA) is 138 Å². The molecule has 7 rings (SSSR count). The van der Waals surface area contributed by atoms with E-state index in [1.807, 2.05) is 60.7 Å². The maximum Gasteiger partial charge on any atom is 0.410 e. The Hall–Kier alpha value is -5.56. The second-order valence-corrected chi connectivity index (χ2v) is 16.1. The van der Waals surface area contributed by atoms with E-state index in [2.05, 4.69) is 31.9 Å². The zero-order chi connectivity index (χ0) is 43.3. The fourth-order valence-corrected chi connectivity index (χ4v) is 9.50. The lowest BCUT2D eigenvalue weighted by molar-refractivity contribution is -0.256. The highest BCUT2D eigenvalue weighted by Crippen LogP contribution is 2.62. The largest absolute Gasteiger partial charge is 0.490 e. The lowest BCUT2D eigenvalue weighted by Gasteiger charge is -2.59. The molecule has 6 atom stereocenters. The van der Waals surface area contributed by atoms with E-state index in [0.717, 1.165) is 47.9 Å². The van der Waals surface area contributed by atoms with Gasteiger partial charge < -0.3 is 43.5 Å². The number of aliphatic hydroxyl groups is 2. The van der Waals surface area contributed by atoms with Gasteiger partial charge in [0.15, 0.2) is 11.5 Å². The molecule has 330 valence electrons. The Morgan fingerprint density at radius 1 is 0.871 bits per heavy atom. The third-order valence-corrected chi connectivity index (χ3v) is 12.2. The van der Waals surface area contributed by atoms with E-state index in [0.29, 0.717) is 54.6 Å². The average Bonchev–Trinajstić information content (AvgIpc) is 3.77. The number of fused-ring (bicyclic) bond motifs is 3. The number of ether oxygens (including phenoxy) is 6. The van der Waals surface area contributed by atoms with E-state index >= 15 is 0 Å². The summed E-state index contributed by atoms with van der Waals surface area (Å²) in [4.78, 5) is 22.7. The summed E-state index contributed by atoms with van der Waals surface area (Å²) in [5.41, 5.74) is 4.33. The second kappa shape index (κ2) is 21.5. The van der Waals surface area contributed by atoms with Crippen molar-refractivity contribution in [1.29, 1.82) is 0 Å². The van der Waals surface area contributed by atoms with Gasteiger partial charge in [0.05, 0.1) is 24.8 Å². The summed E-state index contributed by atoms with van der Waals surface area (Å²) in [6, 6.07) is 20.6. The van der Waals surface area contributed by atoms with Crippen LogP contribution in [0.25, 0.3) is 0 Å². The summed E-state index contributed by atoms with van der Waals surface area (Å²) in [6.07, 6.45) is 12.2. The van der Waals surface area contributed by atoms with Crippen molar-refractivity contribution < 1.29 is 48.3 Å². The maximum atomic E-state index is 14.8. The van der Waals surface area contributed by atoms with Crippen molar-refractivity contribution in [2.75, 3.05) is 39.8 Å². The number of unbranched alkanes of at least 4 members (excludes halogenated alkanes) is 2. The standard InChI is InChI=1S/C50H60N2O10/c1-4-7-27-57-49(55)52(32-36-19-21-44-45(28-36)59-34-58-44)46-31-42(51-61-33-35-15-9-8-10-16-35)40-29-37(17-11-13-23-53)39(18-12-14-24-54)47-41-30-38(56-25-5-2)20-22-43(41)62-50(46,48(40)47)60-26-6-3/h4-6,8-10,15-16,19-22,28-30,37,39,46-48,53-54H,1-3,7,11-14,17-18,23-27,31-34H2/t37-,39+,46-,47+,48+,50+/m0/s1. The lowest BCUT2D eigenvalue weighted by atomic mass is 9.55. The van der Waals surface area contributed by atoms with Crippen molar-refractivity contribution in [2.24, 2.45) is 22.9 Å². The van der Waals surface area contributed by atoms with E-state index in [1.165, 1.54) is 0 Å². The van der Waals surface area contributed by atoms with Gasteiger partial charge in [-0.15, -0.1) is 13.2 Å². The Morgan fingerprint density at radius 3 is 2.42 bits per heavy atom. The molecule has 2 N–H and O–H groups in total. The van der Waals surface area contributed by atoms with Crippen molar-refractivity contribution in [2.45, 2.75) is 82.3 Å². The molecule has 0 spiro atoms. The summed E-state index contributed by atoms with van der Waals surface area (Å²) >= 11 is 0. The van der Waals surface area contributed by atoms with Crippen LogP contribution in [0.5, 0.6) is 23.0 Å². The van der Waals surface area contributed by atoms with Gasteiger partial charge >= 0.3 is 6.09 Å². The smallest absolute Gasteiger partial charge is 0.410 e. The van der Waals surface area contributed by atoms with Crippen molar-refractivity contribution in [3.8, 4) is 23.0 Å². The van der Waals surface area contributed by atoms with Crippen LogP contribution in [0.1, 0.15) is 74.0 Å². The third-order valence-electron chi connectivity index (χ3n) is 12.2. The van der Waals surface area contributed by atoms with E-state index in [9.17, 15) is 15.0 Å². The van der Waals surface area contributed by atoms with Gasteiger partial charge in [-0.05, 0) is 91.0 Å². The molecule has 62 heavy (non-hydrogen) atoms. The quantitative estimate of drug-likeness (QED) is 0.0540.